The number of hydrogen-bond donors (Lipinski definition) is 1. The average Bonchev–Trinajstić information content (AvgIpc) is 2.56. The maximum Gasteiger partial charge on any atom is 0.252 e. The summed E-state index contributed by atoms with van der Waals surface area (Å²) in [5.41, 5.74) is 0.504. The number of rotatable bonds is 7. The van der Waals surface area contributed by atoms with Crippen LogP contribution in [-0.2, 0) is 0 Å². The van der Waals surface area contributed by atoms with Gasteiger partial charge in [-0.05, 0) is 60.9 Å². The number of nitrogens with one attached hydrogen (secondary N) is 1. The van der Waals surface area contributed by atoms with Crippen LogP contribution in [0.25, 0.3) is 0 Å². The summed E-state index contributed by atoms with van der Waals surface area (Å²) in [6.07, 6.45) is 2.78. The zero-order chi connectivity index (χ0) is 16.7. The van der Waals surface area contributed by atoms with Gasteiger partial charge in [-0.25, -0.2) is 4.39 Å². The molecule has 0 spiro atoms. The third kappa shape index (κ3) is 5.75. The SMILES string of the molecule is CSc1ccc(Cl)c(C(=O)NCCCSc2ccc(F)cc2)c1. The molecule has 0 aromatic heterocycles. The van der Waals surface area contributed by atoms with Gasteiger partial charge in [-0.3, -0.25) is 4.79 Å². The van der Waals surface area contributed by atoms with Gasteiger partial charge in [0.2, 0.25) is 0 Å². The molecule has 0 aliphatic carbocycles. The van der Waals surface area contributed by atoms with Crippen molar-refractivity contribution >= 4 is 41.0 Å². The first-order valence-electron chi connectivity index (χ1n) is 7.10. The second kappa shape index (κ2) is 9.21. The molecule has 2 aromatic rings. The highest BCUT2D eigenvalue weighted by Gasteiger charge is 2.10. The molecule has 1 amide bonds. The first kappa shape index (κ1) is 18.2. The van der Waals surface area contributed by atoms with Crippen LogP contribution >= 0.6 is 35.1 Å². The quantitative estimate of drug-likeness (QED) is 0.543. The van der Waals surface area contributed by atoms with Crippen LogP contribution in [0.5, 0.6) is 0 Å². The molecule has 0 aliphatic heterocycles. The van der Waals surface area contributed by atoms with Gasteiger partial charge in [0.25, 0.3) is 5.91 Å². The second-order valence-corrected chi connectivity index (χ2v) is 7.21. The van der Waals surface area contributed by atoms with Crippen LogP contribution in [0.1, 0.15) is 16.8 Å². The Morgan fingerprint density at radius 2 is 1.87 bits per heavy atom. The maximum absolute atomic E-state index is 12.8. The van der Waals surface area contributed by atoms with Crippen molar-refractivity contribution in [2.24, 2.45) is 0 Å². The standard InChI is InChI=1S/C17H17ClFNOS2/c1-22-14-7-8-16(18)15(11-14)17(21)20-9-2-10-23-13-5-3-12(19)4-6-13/h3-8,11H,2,9-10H2,1H3,(H,20,21). The summed E-state index contributed by atoms with van der Waals surface area (Å²) >= 11 is 9.29. The van der Waals surface area contributed by atoms with E-state index < -0.39 is 0 Å². The zero-order valence-electron chi connectivity index (χ0n) is 12.6. The van der Waals surface area contributed by atoms with E-state index in [1.807, 2.05) is 12.3 Å². The molecule has 1 N–H and O–H groups in total. The number of carbonyl (C=O) groups is 1. The molecular formula is C17H17ClFNOS2. The van der Waals surface area contributed by atoms with Crippen molar-refractivity contribution in [3.63, 3.8) is 0 Å². The molecule has 0 aliphatic rings. The summed E-state index contributed by atoms with van der Waals surface area (Å²) < 4.78 is 12.8. The highest BCUT2D eigenvalue weighted by atomic mass is 35.5. The molecule has 0 bridgehead atoms. The Balaban J connectivity index is 1.75. The molecule has 2 nitrogen and oxygen atoms in total. The van der Waals surface area contributed by atoms with Crippen molar-refractivity contribution in [3.8, 4) is 0 Å². The number of amides is 1. The van der Waals surface area contributed by atoms with Crippen molar-refractivity contribution in [1.29, 1.82) is 0 Å². The van der Waals surface area contributed by atoms with Crippen molar-refractivity contribution < 1.29 is 9.18 Å². The predicted octanol–water partition coefficient (Wildman–Crippen LogP) is 5.11. The van der Waals surface area contributed by atoms with Gasteiger partial charge < -0.3 is 5.32 Å². The highest BCUT2D eigenvalue weighted by Crippen LogP contribution is 2.23. The van der Waals surface area contributed by atoms with E-state index in [9.17, 15) is 9.18 Å². The Hall–Kier alpha value is -1.17. The van der Waals surface area contributed by atoms with E-state index in [2.05, 4.69) is 5.32 Å². The minimum Gasteiger partial charge on any atom is -0.352 e. The fourth-order valence-electron chi connectivity index (χ4n) is 1.90. The predicted molar refractivity (Wildman–Crippen MR) is 97.3 cm³/mol. The molecule has 0 atom stereocenters. The number of benzene rings is 2. The molecule has 2 aromatic carbocycles. The monoisotopic (exact) mass is 369 g/mol. The van der Waals surface area contributed by atoms with E-state index in [-0.39, 0.29) is 11.7 Å². The van der Waals surface area contributed by atoms with Gasteiger partial charge in [0.1, 0.15) is 5.82 Å². The molecule has 6 heteroatoms. The summed E-state index contributed by atoms with van der Waals surface area (Å²) in [7, 11) is 0. The van der Waals surface area contributed by atoms with Gasteiger partial charge in [0.15, 0.2) is 0 Å². The number of thioether (sulfide) groups is 2. The van der Waals surface area contributed by atoms with Crippen LogP contribution in [0.15, 0.2) is 52.3 Å². The average molecular weight is 370 g/mol. The van der Waals surface area contributed by atoms with Crippen LogP contribution in [0, 0.1) is 5.82 Å². The van der Waals surface area contributed by atoms with Gasteiger partial charge in [-0.15, -0.1) is 23.5 Å². The Morgan fingerprint density at radius 3 is 2.57 bits per heavy atom. The Kier molecular flexibility index (Phi) is 7.27. The van der Waals surface area contributed by atoms with E-state index in [0.29, 0.717) is 17.1 Å². The highest BCUT2D eigenvalue weighted by molar-refractivity contribution is 7.99. The van der Waals surface area contributed by atoms with Gasteiger partial charge in [-0.2, -0.15) is 0 Å². The van der Waals surface area contributed by atoms with Crippen LogP contribution in [0.3, 0.4) is 0 Å². The lowest BCUT2D eigenvalue weighted by Gasteiger charge is -2.08. The smallest absolute Gasteiger partial charge is 0.252 e. The van der Waals surface area contributed by atoms with E-state index in [1.165, 1.54) is 12.1 Å². The molecule has 2 rings (SSSR count). The van der Waals surface area contributed by atoms with Gasteiger partial charge in [0.05, 0.1) is 10.6 Å². The first-order chi connectivity index (χ1) is 11.1. The number of hydrogen-bond acceptors (Lipinski definition) is 3. The first-order valence-corrected chi connectivity index (χ1v) is 9.69. The molecule has 0 saturated heterocycles. The molecule has 0 saturated carbocycles. The summed E-state index contributed by atoms with van der Waals surface area (Å²) in [6, 6.07) is 11.8. The van der Waals surface area contributed by atoms with Crippen molar-refractivity contribution in [3.05, 3.63) is 58.9 Å². The Labute approximate surface area is 149 Å². The van der Waals surface area contributed by atoms with Crippen molar-refractivity contribution in [2.45, 2.75) is 16.2 Å². The molecule has 0 heterocycles. The van der Waals surface area contributed by atoms with E-state index in [4.69, 9.17) is 11.6 Å². The summed E-state index contributed by atoms with van der Waals surface area (Å²) in [5.74, 6) is 0.466. The van der Waals surface area contributed by atoms with E-state index in [0.717, 1.165) is 22.0 Å². The third-order valence-corrected chi connectivity index (χ3v) is 5.26. The zero-order valence-corrected chi connectivity index (χ0v) is 15.0. The summed E-state index contributed by atoms with van der Waals surface area (Å²) in [6.45, 7) is 0.576. The van der Waals surface area contributed by atoms with Crippen molar-refractivity contribution in [2.75, 3.05) is 18.6 Å². The Morgan fingerprint density at radius 1 is 1.17 bits per heavy atom. The van der Waals surface area contributed by atoms with E-state index in [1.54, 1.807) is 47.8 Å². The minimum atomic E-state index is -0.231. The van der Waals surface area contributed by atoms with Gasteiger partial charge in [0, 0.05) is 16.3 Å². The lowest BCUT2D eigenvalue weighted by Crippen LogP contribution is -2.25. The summed E-state index contributed by atoms with van der Waals surface area (Å²) in [4.78, 5) is 14.2. The molecule has 0 fully saturated rings. The lowest BCUT2D eigenvalue weighted by atomic mass is 10.2. The van der Waals surface area contributed by atoms with Crippen molar-refractivity contribution in [1.82, 2.24) is 5.32 Å². The third-order valence-electron chi connectivity index (χ3n) is 3.11. The molecule has 122 valence electrons. The van der Waals surface area contributed by atoms with Crippen LogP contribution < -0.4 is 5.32 Å². The number of halogens is 2. The topological polar surface area (TPSA) is 29.1 Å². The van der Waals surface area contributed by atoms with Crippen LogP contribution in [-0.4, -0.2) is 24.5 Å². The molecule has 0 unspecified atom stereocenters. The molecule has 0 radical (unpaired) electrons. The maximum atomic E-state index is 12.8. The normalized spacial score (nSPS) is 10.6. The largest absolute Gasteiger partial charge is 0.352 e. The minimum absolute atomic E-state index is 0.155. The Bertz CT molecular complexity index is 664. The van der Waals surface area contributed by atoms with Crippen LogP contribution in [0.2, 0.25) is 5.02 Å². The number of carbonyl (C=O) groups excluding carboxylic acids is 1. The van der Waals surface area contributed by atoms with Gasteiger partial charge in [-0.1, -0.05) is 11.6 Å². The lowest BCUT2D eigenvalue weighted by molar-refractivity contribution is 0.0953. The molecule has 23 heavy (non-hydrogen) atoms. The summed E-state index contributed by atoms with van der Waals surface area (Å²) in [5, 5.41) is 3.34. The second-order valence-electron chi connectivity index (χ2n) is 4.76. The molecular weight excluding hydrogens is 353 g/mol. The van der Waals surface area contributed by atoms with E-state index >= 15 is 0 Å². The van der Waals surface area contributed by atoms with Gasteiger partial charge >= 0.3 is 0 Å². The fraction of sp³-hybridized carbons (Fsp3) is 0.235. The fourth-order valence-corrected chi connectivity index (χ4v) is 3.39. The van der Waals surface area contributed by atoms with Crippen LogP contribution in [0.4, 0.5) is 4.39 Å².